The Labute approximate surface area is 161 Å². The normalized spacial score (nSPS) is 15.9. The molecule has 0 aliphatic carbocycles. The van der Waals surface area contributed by atoms with Crippen molar-refractivity contribution in [3.63, 3.8) is 0 Å². The number of Topliss-reactive ketones (excluding diaryl/α,β-unsaturated/α-hetero) is 1. The Morgan fingerprint density at radius 3 is 2.41 bits per heavy atom. The van der Waals surface area contributed by atoms with Gasteiger partial charge in [-0.05, 0) is 63.5 Å². The SMILES string of the molecule is Cc1ccc(C)c(C(=O)CC(C(=O)Nc2ccccc2)N2CCCCC2)c1. The first-order valence-corrected chi connectivity index (χ1v) is 9.75. The van der Waals surface area contributed by atoms with Crippen molar-refractivity contribution in [2.75, 3.05) is 18.4 Å². The maximum atomic E-state index is 13.0. The summed E-state index contributed by atoms with van der Waals surface area (Å²) in [4.78, 5) is 28.2. The topological polar surface area (TPSA) is 49.4 Å². The summed E-state index contributed by atoms with van der Waals surface area (Å²) in [5.41, 5.74) is 3.52. The van der Waals surface area contributed by atoms with E-state index >= 15 is 0 Å². The van der Waals surface area contributed by atoms with Gasteiger partial charge in [-0.2, -0.15) is 0 Å². The second kappa shape index (κ2) is 8.96. The summed E-state index contributed by atoms with van der Waals surface area (Å²) >= 11 is 0. The lowest BCUT2D eigenvalue weighted by atomic mass is 9.95. The van der Waals surface area contributed by atoms with E-state index in [0.29, 0.717) is 0 Å². The molecule has 1 saturated heterocycles. The molecule has 0 radical (unpaired) electrons. The van der Waals surface area contributed by atoms with Crippen molar-refractivity contribution in [3.05, 3.63) is 65.2 Å². The number of rotatable bonds is 6. The van der Waals surface area contributed by atoms with Crippen LogP contribution < -0.4 is 5.32 Å². The second-order valence-corrected chi connectivity index (χ2v) is 7.41. The Balaban J connectivity index is 1.79. The molecular formula is C23H28N2O2. The molecule has 1 N–H and O–H groups in total. The van der Waals surface area contributed by atoms with Gasteiger partial charge in [0.1, 0.15) is 0 Å². The van der Waals surface area contributed by atoms with Crippen molar-refractivity contribution >= 4 is 17.4 Å². The predicted octanol–water partition coefficient (Wildman–Crippen LogP) is 4.37. The summed E-state index contributed by atoms with van der Waals surface area (Å²) in [7, 11) is 0. The molecule has 2 aromatic carbocycles. The Bertz CT molecular complexity index is 795. The maximum Gasteiger partial charge on any atom is 0.242 e. The quantitative estimate of drug-likeness (QED) is 0.775. The minimum Gasteiger partial charge on any atom is -0.325 e. The van der Waals surface area contributed by atoms with Crippen molar-refractivity contribution < 1.29 is 9.59 Å². The molecular weight excluding hydrogens is 336 g/mol. The predicted molar refractivity (Wildman–Crippen MR) is 109 cm³/mol. The van der Waals surface area contributed by atoms with E-state index in [1.165, 1.54) is 6.42 Å². The number of likely N-dealkylation sites (tertiary alicyclic amines) is 1. The molecule has 0 bridgehead atoms. The van der Waals surface area contributed by atoms with Crippen molar-refractivity contribution in [2.24, 2.45) is 0 Å². The Hall–Kier alpha value is -2.46. The zero-order valence-corrected chi connectivity index (χ0v) is 16.2. The Morgan fingerprint density at radius 1 is 1.00 bits per heavy atom. The Kier molecular flexibility index (Phi) is 6.40. The molecule has 3 rings (SSSR count). The number of carbonyl (C=O) groups excluding carboxylic acids is 2. The van der Waals surface area contributed by atoms with Crippen LogP contribution in [0, 0.1) is 13.8 Å². The summed E-state index contributed by atoms with van der Waals surface area (Å²) in [6, 6.07) is 14.9. The van der Waals surface area contributed by atoms with Crippen LogP contribution in [-0.4, -0.2) is 35.7 Å². The van der Waals surface area contributed by atoms with Crippen molar-refractivity contribution in [1.82, 2.24) is 4.90 Å². The first-order chi connectivity index (χ1) is 13.0. The largest absolute Gasteiger partial charge is 0.325 e. The highest BCUT2D eigenvalue weighted by molar-refractivity contribution is 6.03. The molecule has 4 heteroatoms. The van der Waals surface area contributed by atoms with Crippen LogP contribution in [0.3, 0.4) is 0 Å². The van der Waals surface area contributed by atoms with E-state index in [4.69, 9.17) is 0 Å². The van der Waals surface area contributed by atoms with Gasteiger partial charge in [0.2, 0.25) is 5.91 Å². The van der Waals surface area contributed by atoms with Gasteiger partial charge in [0.25, 0.3) is 0 Å². The van der Waals surface area contributed by atoms with Gasteiger partial charge in [-0.3, -0.25) is 14.5 Å². The molecule has 1 aliphatic rings. The fourth-order valence-corrected chi connectivity index (χ4v) is 3.69. The van der Waals surface area contributed by atoms with Crippen LogP contribution in [0.4, 0.5) is 5.69 Å². The van der Waals surface area contributed by atoms with Gasteiger partial charge in [-0.15, -0.1) is 0 Å². The minimum atomic E-state index is -0.432. The molecule has 1 amide bonds. The van der Waals surface area contributed by atoms with Gasteiger partial charge in [0.05, 0.1) is 6.04 Å². The number of hydrogen-bond acceptors (Lipinski definition) is 3. The van der Waals surface area contributed by atoms with Crippen LogP contribution in [-0.2, 0) is 4.79 Å². The summed E-state index contributed by atoms with van der Waals surface area (Å²) in [5.74, 6) is -0.0586. The highest BCUT2D eigenvalue weighted by Crippen LogP contribution is 2.20. The summed E-state index contributed by atoms with van der Waals surface area (Å²) < 4.78 is 0. The average molecular weight is 364 g/mol. The number of carbonyl (C=O) groups is 2. The first-order valence-electron chi connectivity index (χ1n) is 9.75. The highest BCUT2D eigenvalue weighted by Gasteiger charge is 2.30. The third kappa shape index (κ3) is 5.04. The van der Waals surface area contributed by atoms with Gasteiger partial charge < -0.3 is 5.32 Å². The van der Waals surface area contributed by atoms with Gasteiger partial charge in [0, 0.05) is 17.7 Å². The molecule has 1 atom stereocenters. The van der Waals surface area contributed by atoms with Crippen LogP contribution >= 0.6 is 0 Å². The number of nitrogens with zero attached hydrogens (tertiary/aromatic N) is 1. The molecule has 1 fully saturated rings. The van der Waals surface area contributed by atoms with Gasteiger partial charge in [-0.25, -0.2) is 0 Å². The van der Waals surface area contributed by atoms with Crippen molar-refractivity contribution in [2.45, 2.75) is 45.6 Å². The van der Waals surface area contributed by atoms with Gasteiger partial charge >= 0.3 is 0 Å². The summed E-state index contributed by atoms with van der Waals surface area (Å²) in [6.45, 7) is 5.67. The number of anilines is 1. The van der Waals surface area contributed by atoms with E-state index < -0.39 is 6.04 Å². The van der Waals surface area contributed by atoms with Crippen LogP contribution in [0.2, 0.25) is 0 Å². The molecule has 1 aliphatic heterocycles. The smallest absolute Gasteiger partial charge is 0.242 e. The summed E-state index contributed by atoms with van der Waals surface area (Å²) in [6.07, 6.45) is 3.55. The third-order valence-electron chi connectivity index (χ3n) is 5.25. The molecule has 4 nitrogen and oxygen atoms in total. The molecule has 1 unspecified atom stereocenters. The third-order valence-corrected chi connectivity index (χ3v) is 5.25. The zero-order valence-electron chi connectivity index (χ0n) is 16.2. The molecule has 27 heavy (non-hydrogen) atoms. The number of amides is 1. The number of piperidine rings is 1. The first kappa shape index (κ1) is 19.3. The standard InChI is InChI=1S/C23H28N2O2/c1-17-11-12-18(2)20(15-17)22(26)16-21(25-13-7-4-8-14-25)23(27)24-19-9-5-3-6-10-19/h3,5-6,9-12,15,21H,4,7-8,13-14,16H2,1-2H3,(H,24,27). The average Bonchev–Trinajstić information content (AvgIpc) is 2.69. The lowest BCUT2D eigenvalue weighted by Crippen LogP contribution is -2.47. The number of ketones is 1. The number of benzene rings is 2. The molecule has 0 saturated carbocycles. The zero-order chi connectivity index (χ0) is 19.2. The lowest BCUT2D eigenvalue weighted by Gasteiger charge is -2.33. The molecule has 0 spiro atoms. The summed E-state index contributed by atoms with van der Waals surface area (Å²) in [5, 5.41) is 2.99. The van der Waals surface area contributed by atoms with Gasteiger partial charge in [0.15, 0.2) is 5.78 Å². The monoisotopic (exact) mass is 364 g/mol. The highest BCUT2D eigenvalue weighted by atomic mass is 16.2. The van der Waals surface area contributed by atoms with Crippen LogP contribution in [0.1, 0.15) is 47.2 Å². The van der Waals surface area contributed by atoms with E-state index in [1.54, 1.807) is 0 Å². The number of hydrogen-bond donors (Lipinski definition) is 1. The van der Waals surface area contributed by atoms with E-state index in [-0.39, 0.29) is 18.1 Å². The Morgan fingerprint density at radius 2 is 1.70 bits per heavy atom. The van der Waals surface area contributed by atoms with E-state index in [9.17, 15) is 9.59 Å². The second-order valence-electron chi connectivity index (χ2n) is 7.41. The molecule has 2 aromatic rings. The number of aryl methyl sites for hydroxylation is 2. The maximum absolute atomic E-state index is 13.0. The number of para-hydroxylation sites is 1. The fourth-order valence-electron chi connectivity index (χ4n) is 3.69. The minimum absolute atomic E-state index is 0.0370. The van der Waals surface area contributed by atoms with Crippen molar-refractivity contribution in [1.29, 1.82) is 0 Å². The molecule has 142 valence electrons. The van der Waals surface area contributed by atoms with Gasteiger partial charge in [-0.1, -0.05) is 42.3 Å². The lowest BCUT2D eigenvalue weighted by molar-refractivity contribution is -0.121. The van der Waals surface area contributed by atoms with E-state index in [2.05, 4.69) is 10.2 Å². The van der Waals surface area contributed by atoms with Crippen LogP contribution in [0.15, 0.2) is 48.5 Å². The van der Waals surface area contributed by atoms with Crippen LogP contribution in [0.25, 0.3) is 0 Å². The van der Waals surface area contributed by atoms with E-state index in [1.807, 2.05) is 62.4 Å². The van der Waals surface area contributed by atoms with E-state index in [0.717, 1.165) is 48.3 Å². The molecule has 1 heterocycles. The molecule has 0 aromatic heterocycles. The fraction of sp³-hybridized carbons (Fsp3) is 0.391. The number of nitrogens with one attached hydrogen (secondary N) is 1. The van der Waals surface area contributed by atoms with Crippen molar-refractivity contribution in [3.8, 4) is 0 Å². The van der Waals surface area contributed by atoms with Crippen LogP contribution in [0.5, 0.6) is 0 Å².